The molecule has 0 spiro atoms. The summed E-state index contributed by atoms with van der Waals surface area (Å²) in [5.74, 6) is -0.827. The van der Waals surface area contributed by atoms with Gasteiger partial charge in [0.05, 0.1) is 11.6 Å². The van der Waals surface area contributed by atoms with Gasteiger partial charge in [-0.1, -0.05) is 0 Å². The second-order valence-corrected chi connectivity index (χ2v) is 3.92. The lowest BCUT2D eigenvalue weighted by Gasteiger charge is -2.11. The van der Waals surface area contributed by atoms with Gasteiger partial charge >= 0.3 is 0 Å². The maximum Gasteiger partial charge on any atom is 0.198 e. The van der Waals surface area contributed by atoms with Gasteiger partial charge in [-0.3, -0.25) is 0 Å². The molecule has 0 saturated carbocycles. The topological polar surface area (TPSA) is 41.5 Å². The average molecular weight is 278 g/mol. The number of nitrogens with one attached hydrogen (secondary N) is 1. The number of halogens is 2. The molecule has 84 valence electrons. The fourth-order valence-corrected chi connectivity index (χ4v) is 1.74. The fourth-order valence-electron chi connectivity index (χ4n) is 1.28. The van der Waals surface area contributed by atoms with E-state index in [1.54, 1.807) is 6.07 Å². The molecule has 15 heavy (non-hydrogen) atoms. The van der Waals surface area contributed by atoms with Crippen molar-refractivity contribution in [3.8, 4) is 11.5 Å². The third-order valence-electron chi connectivity index (χ3n) is 2.08. The maximum absolute atomic E-state index is 13.4. The Bertz CT molecular complexity index is 358. The minimum absolute atomic E-state index is 0.115. The maximum atomic E-state index is 13.4. The molecule has 0 aliphatic carbocycles. The summed E-state index contributed by atoms with van der Waals surface area (Å²) < 4.78 is 18.5. The first-order valence-corrected chi connectivity index (χ1v) is 5.29. The molecular formula is C10H13BrFNO2. The molecule has 0 radical (unpaired) electrons. The van der Waals surface area contributed by atoms with E-state index in [-0.39, 0.29) is 11.5 Å². The van der Waals surface area contributed by atoms with Crippen molar-refractivity contribution in [2.24, 2.45) is 0 Å². The summed E-state index contributed by atoms with van der Waals surface area (Å²) >= 11 is 3.08. The monoisotopic (exact) mass is 277 g/mol. The Morgan fingerprint density at radius 1 is 1.60 bits per heavy atom. The van der Waals surface area contributed by atoms with Crippen LogP contribution < -0.4 is 10.1 Å². The number of phenols is 1. The van der Waals surface area contributed by atoms with Gasteiger partial charge in [0.2, 0.25) is 0 Å². The minimum Gasteiger partial charge on any atom is -0.504 e. The molecule has 3 nitrogen and oxygen atoms in total. The molecule has 0 aromatic heterocycles. The summed E-state index contributed by atoms with van der Waals surface area (Å²) in [5.41, 5.74) is 0.648. The van der Waals surface area contributed by atoms with Crippen LogP contribution in [0.3, 0.4) is 0 Å². The molecule has 0 saturated heterocycles. The van der Waals surface area contributed by atoms with E-state index >= 15 is 0 Å². The van der Waals surface area contributed by atoms with Crippen LogP contribution in [0.2, 0.25) is 0 Å². The van der Waals surface area contributed by atoms with Gasteiger partial charge in [0, 0.05) is 5.56 Å². The number of rotatable bonds is 4. The van der Waals surface area contributed by atoms with Crippen molar-refractivity contribution in [2.45, 2.75) is 6.42 Å². The van der Waals surface area contributed by atoms with Crippen LogP contribution in [0.25, 0.3) is 0 Å². The van der Waals surface area contributed by atoms with Crippen molar-refractivity contribution >= 4 is 15.9 Å². The largest absolute Gasteiger partial charge is 0.504 e. The first kappa shape index (κ1) is 12.3. The highest BCUT2D eigenvalue weighted by Crippen LogP contribution is 2.37. The summed E-state index contributed by atoms with van der Waals surface area (Å²) in [6.07, 6.45) is 0.609. The highest BCUT2D eigenvalue weighted by molar-refractivity contribution is 9.10. The summed E-state index contributed by atoms with van der Waals surface area (Å²) in [6, 6.07) is 1.56. The van der Waals surface area contributed by atoms with E-state index in [4.69, 9.17) is 4.74 Å². The molecule has 0 amide bonds. The molecule has 1 rings (SSSR count). The van der Waals surface area contributed by atoms with Crippen molar-refractivity contribution in [1.82, 2.24) is 5.32 Å². The van der Waals surface area contributed by atoms with E-state index in [2.05, 4.69) is 21.2 Å². The number of hydrogen-bond donors (Lipinski definition) is 2. The molecule has 0 aliphatic heterocycles. The smallest absolute Gasteiger partial charge is 0.198 e. The van der Waals surface area contributed by atoms with Crippen molar-refractivity contribution in [1.29, 1.82) is 0 Å². The van der Waals surface area contributed by atoms with E-state index in [0.717, 1.165) is 0 Å². The van der Waals surface area contributed by atoms with E-state index in [1.165, 1.54) is 7.11 Å². The molecule has 0 aliphatic rings. The van der Waals surface area contributed by atoms with Crippen LogP contribution in [-0.4, -0.2) is 25.8 Å². The number of methoxy groups -OCH3 is 1. The van der Waals surface area contributed by atoms with E-state index < -0.39 is 5.82 Å². The normalized spacial score (nSPS) is 10.4. The number of phenolic OH excluding ortho intramolecular Hbond substituents is 1. The Balaban J connectivity index is 3.12. The highest BCUT2D eigenvalue weighted by atomic mass is 79.9. The Kier molecular flexibility index (Phi) is 4.35. The molecule has 0 unspecified atom stereocenters. The molecule has 2 N–H and O–H groups in total. The van der Waals surface area contributed by atoms with Gasteiger partial charge in [-0.2, -0.15) is 0 Å². The molecule has 5 heteroatoms. The molecule has 0 atom stereocenters. The lowest BCUT2D eigenvalue weighted by molar-refractivity contribution is 0.347. The second-order valence-electron chi connectivity index (χ2n) is 3.07. The SMILES string of the molecule is CNCCc1cc(Br)c(F)c(OC)c1O. The first-order valence-electron chi connectivity index (χ1n) is 4.50. The quantitative estimate of drug-likeness (QED) is 0.885. The molecule has 0 bridgehead atoms. The third kappa shape index (κ3) is 2.60. The molecule has 1 aromatic carbocycles. The zero-order valence-corrected chi connectivity index (χ0v) is 10.2. The predicted molar refractivity (Wildman–Crippen MR) is 59.9 cm³/mol. The summed E-state index contributed by atoms with van der Waals surface area (Å²) in [4.78, 5) is 0. The number of benzene rings is 1. The average Bonchev–Trinajstić information content (AvgIpc) is 2.22. The number of ether oxygens (including phenoxy) is 1. The Hall–Kier alpha value is -0.810. The number of aromatic hydroxyl groups is 1. The van der Waals surface area contributed by atoms with Crippen molar-refractivity contribution < 1.29 is 14.2 Å². The zero-order chi connectivity index (χ0) is 11.4. The fraction of sp³-hybridized carbons (Fsp3) is 0.400. The van der Waals surface area contributed by atoms with Gasteiger partial charge in [-0.15, -0.1) is 0 Å². The van der Waals surface area contributed by atoms with E-state index in [1.807, 2.05) is 7.05 Å². The van der Waals surface area contributed by atoms with Gasteiger partial charge in [-0.05, 0) is 42.0 Å². The van der Waals surface area contributed by atoms with Gasteiger partial charge in [-0.25, -0.2) is 4.39 Å². The minimum atomic E-state index is -0.580. The van der Waals surface area contributed by atoms with Crippen molar-refractivity contribution in [3.05, 3.63) is 21.9 Å². The van der Waals surface area contributed by atoms with Crippen LogP contribution >= 0.6 is 15.9 Å². The lowest BCUT2D eigenvalue weighted by Crippen LogP contribution is -2.10. The van der Waals surface area contributed by atoms with Crippen LogP contribution in [0.4, 0.5) is 4.39 Å². The van der Waals surface area contributed by atoms with Gasteiger partial charge in [0.1, 0.15) is 0 Å². The first-order chi connectivity index (χ1) is 7.11. The molecule has 0 heterocycles. The summed E-state index contributed by atoms with van der Waals surface area (Å²) in [5, 5.41) is 12.7. The standard InChI is InChI=1S/C10H13BrFNO2/c1-13-4-3-6-5-7(11)8(12)10(15-2)9(6)14/h5,13-14H,3-4H2,1-2H3. The Labute approximate surface area is 96.4 Å². The van der Waals surface area contributed by atoms with Crippen LogP contribution in [0.15, 0.2) is 10.5 Å². The van der Waals surface area contributed by atoms with Crippen molar-refractivity contribution in [2.75, 3.05) is 20.7 Å². The molecular weight excluding hydrogens is 265 g/mol. The van der Waals surface area contributed by atoms with Gasteiger partial charge < -0.3 is 15.2 Å². The number of hydrogen-bond acceptors (Lipinski definition) is 3. The van der Waals surface area contributed by atoms with Gasteiger partial charge in [0.25, 0.3) is 0 Å². The predicted octanol–water partition coefficient (Wildman–Crippen LogP) is 2.06. The summed E-state index contributed by atoms with van der Waals surface area (Å²) in [7, 11) is 3.14. The van der Waals surface area contributed by atoms with E-state index in [0.29, 0.717) is 23.0 Å². The Morgan fingerprint density at radius 2 is 2.27 bits per heavy atom. The zero-order valence-electron chi connectivity index (χ0n) is 8.60. The van der Waals surface area contributed by atoms with E-state index in [9.17, 15) is 9.50 Å². The van der Waals surface area contributed by atoms with Crippen LogP contribution in [0, 0.1) is 5.82 Å². The van der Waals surface area contributed by atoms with Crippen LogP contribution in [0.1, 0.15) is 5.56 Å². The van der Waals surface area contributed by atoms with Crippen LogP contribution in [0.5, 0.6) is 11.5 Å². The van der Waals surface area contributed by atoms with Crippen LogP contribution in [-0.2, 0) is 6.42 Å². The van der Waals surface area contributed by atoms with Gasteiger partial charge in [0.15, 0.2) is 17.3 Å². The highest BCUT2D eigenvalue weighted by Gasteiger charge is 2.16. The molecule has 0 fully saturated rings. The van der Waals surface area contributed by atoms with Crippen molar-refractivity contribution in [3.63, 3.8) is 0 Å². The third-order valence-corrected chi connectivity index (χ3v) is 2.65. The summed E-state index contributed by atoms with van der Waals surface area (Å²) in [6.45, 7) is 0.703. The Morgan fingerprint density at radius 3 is 2.80 bits per heavy atom. The molecule has 1 aromatic rings. The number of likely N-dealkylation sites (N-methyl/N-ethyl adjacent to an activating group) is 1. The second kappa shape index (κ2) is 5.32. The lowest BCUT2D eigenvalue weighted by atomic mass is 10.1.